The number of hydrogen-bond acceptors (Lipinski definition) is 6. The molecular weight excluding hydrogens is 441 g/mol. The Labute approximate surface area is 199 Å². The quantitative estimate of drug-likeness (QED) is 0.599. The number of ketones is 1. The van der Waals surface area contributed by atoms with Gasteiger partial charge in [0.15, 0.2) is 18.0 Å². The number of nitrogens with one attached hydrogen (secondary N) is 1. The summed E-state index contributed by atoms with van der Waals surface area (Å²) in [6, 6.07) is 3.21. The molecule has 1 saturated carbocycles. The Hall–Kier alpha value is -2.97. The van der Waals surface area contributed by atoms with Crippen molar-refractivity contribution in [3.8, 4) is 0 Å². The van der Waals surface area contributed by atoms with Gasteiger partial charge in [-0.15, -0.1) is 0 Å². The molecule has 1 saturated heterocycles. The van der Waals surface area contributed by atoms with Gasteiger partial charge in [-0.2, -0.15) is 0 Å². The van der Waals surface area contributed by atoms with Crippen LogP contribution in [-0.2, 0) is 9.53 Å². The van der Waals surface area contributed by atoms with Crippen molar-refractivity contribution in [1.29, 1.82) is 0 Å². The van der Waals surface area contributed by atoms with E-state index in [1.165, 1.54) is 50.3 Å². The van der Waals surface area contributed by atoms with Crippen LogP contribution in [0, 0.1) is 11.7 Å². The molecule has 9 heteroatoms. The number of carbonyl (C=O) groups is 3. The van der Waals surface area contributed by atoms with Crippen molar-refractivity contribution < 1.29 is 27.9 Å². The predicted molar refractivity (Wildman–Crippen MR) is 125 cm³/mol. The Morgan fingerprint density at radius 1 is 1.18 bits per heavy atom. The molecule has 1 aromatic heterocycles. The lowest BCUT2D eigenvalue weighted by atomic mass is 9.91. The van der Waals surface area contributed by atoms with Crippen LogP contribution in [0.1, 0.15) is 75.9 Å². The Balaban J connectivity index is 0.000000396. The summed E-state index contributed by atoms with van der Waals surface area (Å²) in [7, 11) is 0. The fraction of sp³-hybridized carbons (Fsp3) is 0.600. The minimum Gasteiger partial charge on any atom is -0.439 e. The number of amides is 2. The number of aromatic nitrogens is 1. The van der Waals surface area contributed by atoms with E-state index < -0.39 is 23.7 Å². The summed E-state index contributed by atoms with van der Waals surface area (Å²) >= 11 is 0. The Morgan fingerprint density at radius 2 is 1.88 bits per heavy atom. The van der Waals surface area contributed by atoms with Crippen molar-refractivity contribution in [3.63, 3.8) is 0 Å². The summed E-state index contributed by atoms with van der Waals surface area (Å²) in [6.07, 6.45) is 8.68. The molecule has 1 aliphatic heterocycles. The van der Waals surface area contributed by atoms with Crippen LogP contribution in [0.4, 0.5) is 9.18 Å². The molecule has 186 valence electrons. The maximum absolute atomic E-state index is 13.7. The fourth-order valence-corrected chi connectivity index (χ4v) is 4.20. The van der Waals surface area contributed by atoms with E-state index >= 15 is 0 Å². The summed E-state index contributed by atoms with van der Waals surface area (Å²) in [5, 5.41) is 2.39. The van der Waals surface area contributed by atoms with Crippen molar-refractivity contribution in [1.82, 2.24) is 15.2 Å². The van der Waals surface area contributed by atoms with E-state index in [9.17, 15) is 18.8 Å². The maximum Gasteiger partial charge on any atom is 0.408 e. The molecule has 1 unspecified atom stereocenters. The first kappa shape index (κ1) is 25.6. The number of likely N-dealkylation sites (tertiary alicyclic amines) is 1. The lowest BCUT2D eigenvalue weighted by molar-refractivity contribution is -0.133. The number of nitrogens with zero attached hydrogens (tertiary/aromatic N) is 2. The average Bonchev–Trinajstić information content (AvgIpc) is 3.52. The number of para-hydroxylation sites is 1. The molecule has 8 nitrogen and oxygen atoms in total. The molecule has 0 spiro atoms. The van der Waals surface area contributed by atoms with Crippen LogP contribution in [0.5, 0.6) is 0 Å². The summed E-state index contributed by atoms with van der Waals surface area (Å²) in [5.41, 5.74) is 0.0986. The van der Waals surface area contributed by atoms with E-state index in [0.29, 0.717) is 13.1 Å². The van der Waals surface area contributed by atoms with Gasteiger partial charge in [-0.25, -0.2) is 14.2 Å². The first-order chi connectivity index (χ1) is 16.4. The number of ether oxygens (including phenoxy) is 1. The van der Waals surface area contributed by atoms with E-state index in [1.807, 2.05) is 0 Å². The van der Waals surface area contributed by atoms with Crippen molar-refractivity contribution in [2.45, 2.75) is 71.3 Å². The van der Waals surface area contributed by atoms with Crippen LogP contribution in [0.2, 0.25) is 0 Å². The molecule has 4 rings (SSSR count). The number of carbonyl (C=O) groups excluding carboxylic acids is 3. The largest absolute Gasteiger partial charge is 0.439 e. The van der Waals surface area contributed by atoms with Crippen LogP contribution in [0.25, 0.3) is 11.1 Å². The zero-order valence-electron chi connectivity index (χ0n) is 20.0. The predicted octanol–water partition coefficient (Wildman–Crippen LogP) is 4.86. The number of hydrogen-bond donors (Lipinski definition) is 1. The van der Waals surface area contributed by atoms with Crippen LogP contribution < -0.4 is 5.32 Å². The number of halogens is 1. The van der Waals surface area contributed by atoms with Gasteiger partial charge in [0.25, 0.3) is 11.8 Å². The number of fused-ring (bicyclic) bond motifs is 1. The second-order valence-electron chi connectivity index (χ2n) is 8.98. The topological polar surface area (TPSA) is 102 Å². The van der Waals surface area contributed by atoms with Crippen molar-refractivity contribution in [3.05, 3.63) is 29.9 Å². The highest BCUT2D eigenvalue weighted by Crippen LogP contribution is 2.22. The van der Waals surface area contributed by atoms with Gasteiger partial charge in [0.2, 0.25) is 5.78 Å². The molecule has 2 fully saturated rings. The molecule has 0 bridgehead atoms. The molecule has 2 heterocycles. The number of oxazole rings is 1. The van der Waals surface area contributed by atoms with Crippen LogP contribution in [0.3, 0.4) is 0 Å². The SMILES string of the molecule is CC1CCCCC1.CCC(NC(=O)OCC(=O)N1CCCC1)C(=O)c1nc2cccc(F)c2o1. The Kier molecular flexibility index (Phi) is 9.42. The third kappa shape index (κ3) is 7.01. The minimum atomic E-state index is -0.962. The van der Waals surface area contributed by atoms with Gasteiger partial charge in [0.1, 0.15) is 11.6 Å². The normalized spacial score (nSPS) is 17.1. The van der Waals surface area contributed by atoms with E-state index in [-0.39, 0.29) is 35.9 Å². The Bertz CT molecular complexity index is 980. The van der Waals surface area contributed by atoms with Gasteiger partial charge in [0, 0.05) is 13.1 Å². The van der Waals surface area contributed by atoms with Crippen molar-refractivity contribution in [2.75, 3.05) is 19.7 Å². The summed E-state index contributed by atoms with van der Waals surface area (Å²) in [5.74, 6) is -0.753. The first-order valence-corrected chi connectivity index (χ1v) is 12.2. The molecule has 0 radical (unpaired) electrons. The number of benzene rings is 1. The van der Waals surface area contributed by atoms with Gasteiger partial charge < -0.3 is 19.4 Å². The van der Waals surface area contributed by atoms with Crippen LogP contribution in [0.15, 0.2) is 22.6 Å². The molecule has 2 aliphatic rings. The van der Waals surface area contributed by atoms with Crippen molar-refractivity contribution in [2.24, 2.45) is 5.92 Å². The smallest absolute Gasteiger partial charge is 0.408 e. The molecular formula is C25H34FN3O5. The monoisotopic (exact) mass is 475 g/mol. The van der Waals surface area contributed by atoms with E-state index in [0.717, 1.165) is 18.8 Å². The Morgan fingerprint density at radius 3 is 2.47 bits per heavy atom. The summed E-state index contributed by atoms with van der Waals surface area (Å²) in [4.78, 5) is 41.9. The van der Waals surface area contributed by atoms with Crippen molar-refractivity contribution >= 4 is 28.9 Å². The fourth-order valence-electron chi connectivity index (χ4n) is 4.20. The highest BCUT2D eigenvalue weighted by atomic mass is 19.1. The van der Waals surface area contributed by atoms with Gasteiger partial charge >= 0.3 is 6.09 Å². The molecule has 2 amide bonds. The highest BCUT2D eigenvalue weighted by Gasteiger charge is 2.27. The van der Waals surface area contributed by atoms with Gasteiger partial charge in [-0.3, -0.25) is 9.59 Å². The molecule has 2 aromatic rings. The van der Waals surface area contributed by atoms with Gasteiger partial charge in [-0.05, 0) is 37.3 Å². The van der Waals surface area contributed by atoms with E-state index in [4.69, 9.17) is 9.15 Å². The average molecular weight is 476 g/mol. The second kappa shape index (κ2) is 12.5. The maximum atomic E-state index is 13.7. The number of alkyl carbamates (subject to hydrolysis) is 1. The molecule has 1 N–H and O–H groups in total. The molecule has 34 heavy (non-hydrogen) atoms. The number of rotatable bonds is 6. The standard InChI is InChI=1S/C18H20FN3O5.C7H14/c1-2-12(21-18(25)26-10-14(23)22-8-3-4-9-22)15(24)17-20-13-7-5-6-11(19)16(13)27-17;1-7-5-3-2-4-6-7/h5-7,12H,2-4,8-10H2,1H3,(H,21,25);7H,2-6H2,1H3. The zero-order valence-corrected chi connectivity index (χ0v) is 20.0. The van der Waals surface area contributed by atoms with E-state index in [1.54, 1.807) is 11.8 Å². The summed E-state index contributed by atoms with van der Waals surface area (Å²) < 4.78 is 23.8. The van der Waals surface area contributed by atoms with E-state index in [2.05, 4.69) is 17.2 Å². The second-order valence-corrected chi connectivity index (χ2v) is 8.98. The molecule has 1 aliphatic carbocycles. The van der Waals surface area contributed by atoms with Crippen LogP contribution >= 0.6 is 0 Å². The lowest BCUT2D eigenvalue weighted by Gasteiger charge is -2.17. The highest BCUT2D eigenvalue weighted by molar-refractivity contribution is 5.99. The zero-order chi connectivity index (χ0) is 24.5. The first-order valence-electron chi connectivity index (χ1n) is 12.2. The summed E-state index contributed by atoms with van der Waals surface area (Å²) in [6.45, 7) is 4.98. The third-order valence-corrected chi connectivity index (χ3v) is 6.27. The third-order valence-electron chi connectivity index (χ3n) is 6.27. The minimum absolute atomic E-state index is 0.116. The van der Waals surface area contributed by atoms with Gasteiger partial charge in [-0.1, -0.05) is 52.0 Å². The van der Waals surface area contributed by atoms with Crippen LogP contribution in [-0.4, -0.2) is 53.4 Å². The number of Topliss-reactive ketones (excluding diaryl/α,β-unsaturated/α-hetero) is 1. The lowest BCUT2D eigenvalue weighted by Crippen LogP contribution is -2.42. The van der Waals surface area contributed by atoms with Gasteiger partial charge in [0.05, 0.1) is 0 Å². The molecule has 1 atom stereocenters. The molecule has 1 aromatic carbocycles.